The molecule has 1 nitrogen and oxygen atoms in total. The first-order valence-electron chi connectivity index (χ1n) is 7.89. The van der Waals surface area contributed by atoms with E-state index in [1.54, 1.807) is 35.3 Å². The molecule has 4 heteroatoms. The first kappa shape index (κ1) is 16.6. The van der Waals surface area contributed by atoms with Crippen LogP contribution in [-0.4, -0.2) is 4.38 Å². The Morgan fingerprint density at radius 3 is 2.12 bits per heavy atom. The molecule has 0 saturated carbocycles. The first-order valence-corrected chi connectivity index (χ1v) is 10.4. The van der Waals surface area contributed by atoms with Crippen molar-refractivity contribution in [2.24, 2.45) is 4.99 Å². The molecular weight excluding hydrogens is 362 g/mol. The maximum Gasteiger partial charge on any atom is 0.140 e. The lowest BCUT2D eigenvalue weighted by Crippen LogP contribution is -1.95. The van der Waals surface area contributed by atoms with E-state index in [4.69, 9.17) is 4.99 Å². The van der Waals surface area contributed by atoms with Crippen molar-refractivity contribution in [1.29, 1.82) is 0 Å². The SMILES string of the molecule is C(/Sc1ccccc1)=C1/SC(Sc2ccccc2)=Nc2ccccc21. The fourth-order valence-electron chi connectivity index (χ4n) is 2.39. The van der Waals surface area contributed by atoms with Crippen LogP contribution < -0.4 is 0 Å². The zero-order valence-electron chi connectivity index (χ0n) is 13.3. The van der Waals surface area contributed by atoms with E-state index in [-0.39, 0.29) is 0 Å². The summed E-state index contributed by atoms with van der Waals surface area (Å²) in [6.45, 7) is 0. The van der Waals surface area contributed by atoms with Crippen LogP contribution in [0.2, 0.25) is 0 Å². The number of rotatable bonds is 3. The number of hydrogen-bond donors (Lipinski definition) is 0. The molecule has 0 bridgehead atoms. The molecule has 0 spiro atoms. The topological polar surface area (TPSA) is 12.4 Å². The fraction of sp³-hybridized carbons (Fsp3) is 0. The number of fused-ring (bicyclic) bond motifs is 1. The molecule has 3 aromatic carbocycles. The van der Waals surface area contributed by atoms with E-state index >= 15 is 0 Å². The summed E-state index contributed by atoms with van der Waals surface area (Å²) in [5.74, 6) is 0. The average molecular weight is 378 g/mol. The molecule has 1 aliphatic rings. The summed E-state index contributed by atoms with van der Waals surface area (Å²) in [7, 11) is 0. The Morgan fingerprint density at radius 1 is 0.720 bits per heavy atom. The van der Waals surface area contributed by atoms with Gasteiger partial charge in [-0.2, -0.15) is 0 Å². The van der Waals surface area contributed by atoms with Gasteiger partial charge in [0.1, 0.15) is 4.38 Å². The summed E-state index contributed by atoms with van der Waals surface area (Å²) in [5.41, 5.74) is 2.24. The van der Waals surface area contributed by atoms with Gasteiger partial charge in [0.15, 0.2) is 0 Å². The van der Waals surface area contributed by atoms with Crippen molar-refractivity contribution < 1.29 is 0 Å². The Morgan fingerprint density at radius 2 is 1.36 bits per heavy atom. The van der Waals surface area contributed by atoms with Gasteiger partial charge in [0, 0.05) is 20.3 Å². The maximum absolute atomic E-state index is 4.84. The zero-order valence-corrected chi connectivity index (χ0v) is 15.8. The highest BCUT2D eigenvalue weighted by atomic mass is 32.2. The van der Waals surface area contributed by atoms with Crippen LogP contribution in [0.25, 0.3) is 4.91 Å². The third-order valence-corrected chi connectivity index (χ3v) is 6.72. The molecule has 1 aliphatic heterocycles. The Labute approximate surface area is 160 Å². The lowest BCUT2D eigenvalue weighted by Gasteiger charge is -2.17. The number of aliphatic imine (C=N–C) groups is 1. The summed E-state index contributed by atoms with van der Waals surface area (Å²) in [5, 5.41) is 2.24. The molecule has 4 rings (SSSR count). The van der Waals surface area contributed by atoms with Crippen LogP contribution in [0.15, 0.2) is 105 Å². The van der Waals surface area contributed by atoms with Crippen molar-refractivity contribution in [3.8, 4) is 0 Å². The van der Waals surface area contributed by atoms with Crippen molar-refractivity contribution in [3.63, 3.8) is 0 Å². The summed E-state index contributed by atoms with van der Waals surface area (Å²) in [4.78, 5) is 8.54. The molecule has 0 aliphatic carbocycles. The van der Waals surface area contributed by atoms with Gasteiger partial charge in [-0.25, -0.2) is 4.99 Å². The predicted molar refractivity (Wildman–Crippen MR) is 114 cm³/mol. The van der Waals surface area contributed by atoms with Crippen molar-refractivity contribution in [3.05, 3.63) is 95.9 Å². The van der Waals surface area contributed by atoms with Crippen LogP contribution in [0.4, 0.5) is 5.69 Å². The highest BCUT2D eigenvalue weighted by Gasteiger charge is 2.18. The Kier molecular flexibility index (Phi) is 5.31. The molecular formula is C21H15NS3. The first-order chi connectivity index (χ1) is 12.4. The molecule has 0 aromatic heterocycles. The number of thioether (sulfide) groups is 3. The second-order valence-electron chi connectivity index (χ2n) is 5.33. The quantitative estimate of drug-likeness (QED) is 0.444. The van der Waals surface area contributed by atoms with Crippen molar-refractivity contribution in [1.82, 2.24) is 0 Å². The summed E-state index contributed by atoms with van der Waals surface area (Å²) >= 11 is 5.21. The van der Waals surface area contributed by atoms with E-state index < -0.39 is 0 Å². The van der Waals surface area contributed by atoms with E-state index in [0.717, 1.165) is 10.1 Å². The van der Waals surface area contributed by atoms with E-state index in [1.165, 1.54) is 20.3 Å². The summed E-state index contributed by atoms with van der Waals surface area (Å²) in [6, 6.07) is 29.2. The standard InChI is InChI=1S/C21H15NS3/c1-3-9-16(10-4-1)23-15-20-18-13-7-8-14-19(18)22-21(25-20)24-17-11-5-2-6-12-17/h1-15H/b20-15-. The van der Waals surface area contributed by atoms with Gasteiger partial charge in [-0.1, -0.05) is 89.9 Å². The number of para-hydroxylation sites is 1. The minimum atomic E-state index is 1.04. The second kappa shape index (κ2) is 8.00. The zero-order chi connectivity index (χ0) is 16.9. The van der Waals surface area contributed by atoms with Crippen LogP contribution in [0.1, 0.15) is 5.56 Å². The van der Waals surface area contributed by atoms with Gasteiger partial charge in [-0.15, -0.1) is 0 Å². The molecule has 0 fully saturated rings. The summed E-state index contributed by atoms with van der Waals surface area (Å²) < 4.78 is 1.06. The van der Waals surface area contributed by atoms with Crippen LogP contribution in [0, 0.1) is 0 Å². The lowest BCUT2D eigenvalue weighted by molar-refractivity contribution is 1.47. The van der Waals surface area contributed by atoms with Gasteiger partial charge in [0.05, 0.1) is 5.69 Å². The molecule has 0 atom stereocenters. The Bertz CT molecular complexity index is 918. The minimum Gasteiger partial charge on any atom is -0.234 e. The van der Waals surface area contributed by atoms with Crippen LogP contribution >= 0.6 is 35.3 Å². The van der Waals surface area contributed by atoms with E-state index in [2.05, 4.69) is 72.1 Å². The molecule has 0 amide bonds. The van der Waals surface area contributed by atoms with Crippen molar-refractivity contribution in [2.75, 3.05) is 0 Å². The van der Waals surface area contributed by atoms with E-state index in [1.807, 2.05) is 18.2 Å². The van der Waals surface area contributed by atoms with Gasteiger partial charge >= 0.3 is 0 Å². The van der Waals surface area contributed by atoms with Gasteiger partial charge in [0.2, 0.25) is 0 Å². The van der Waals surface area contributed by atoms with E-state index in [9.17, 15) is 0 Å². The molecule has 3 aromatic rings. The van der Waals surface area contributed by atoms with Gasteiger partial charge < -0.3 is 0 Å². The largest absolute Gasteiger partial charge is 0.234 e. The fourth-order valence-corrected chi connectivity index (χ4v) is 5.39. The second-order valence-corrected chi connectivity index (χ2v) is 8.62. The number of nitrogens with zero attached hydrogens (tertiary/aromatic N) is 1. The van der Waals surface area contributed by atoms with Gasteiger partial charge in [-0.05, 0) is 35.7 Å². The van der Waals surface area contributed by atoms with Gasteiger partial charge in [0.25, 0.3) is 0 Å². The van der Waals surface area contributed by atoms with Gasteiger partial charge in [-0.3, -0.25) is 0 Å². The summed E-state index contributed by atoms with van der Waals surface area (Å²) in [6.07, 6.45) is 0. The maximum atomic E-state index is 4.84. The Balaban J connectivity index is 1.63. The molecule has 1 heterocycles. The third kappa shape index (κ3) is 4.21. The average Bonchev–Trinajstić information content (AvgIpc) is 2.68. The van der Waals surface area contributed by atoms with Crippen LogP contribution in [0.3, 0.4) is 0 Å². The molecule has 0 N–H and O–H groups in total. The van der Waals surface area contributed by atoms with E-state index in [0.29, 0.717) is 0 Å². The number of benzene rings is 3. The Hall–Kier alpha value is -1.88. The molecule has 122 valence electrons. The predicted octanol–water partition coefficient (Wildman–Crippen LogP) is 7.30. The normalized spacial score (nSPS) is 14.9. The highest BCUT2D eigenvalue weighted by Crippen LogP contribution is 2.45. The smallest absolute Gasteiger partial charge is 0.140 e. The molecule has 0 saturated heterocycles. The minimum absolute atomic E-state index is 1.04. The molecule has 25 heavy (non-hydrogen) atoms. The lowest BCUT2D eigenvalue weighted by atomic mass is 10.2. The number of hydrogen-bond acceptors (Lipinski definition) is 4. The monoisotopic (exact) mass is 377 g/mol. The highest BCUT2D eigenvalue weighted by molar-refractivity contribution is 8.42. The van der Waals surface area contributed by atoms with Crippen LogP contribution in [-0.2, 0) is 0 Å². The molecule has 0 unspecified atom stereocenters. The third-order valence-electron chi connectivity index (χ3n) is 3.57. The van der Waals surface area contributed by atoms with Crippen molar-refractivity contribution >= 4 is 50.3 Å². The van der Waals surface area contributed by atoms with Crippen LogP contribution in [0.5, 0.6) is 0 Å². The molecule has 0 radical (unpaired) electrons. The van der Waals surface area contributed by atoms with Crippen molar-refractivity contribution in [2.45, 2.75) is 9.79 Å².